The average Bonchev–Trinajstić information content (AvgIpc) is 2.54. The van der Waals surface area contributed by atoms with Crippen LogP contribution in [0.2, 0.25) is 0 Å². The van der Waals surface area contributed by atoms with Crippen molar-refractivity contribution in [3.63, 3.8) is 0 Å². The minimum atomic E-state index is -0.265. The van der Waals surface area contributed by atoms with Gasteiger partial charge in [0, 0.05) is 17.9 Å². The van der Waals surface area contributed by atoms with E-state index in [0.29, 0.717) is 5.69 Å². The summed E-state index contributed by atoms with van der Waals surface area (Å²) < 4.78 is 0. The van der Waals surface area contributed by atoms with Gasteiger partial charge >= 0.3 is 0 Å². The maximum Gasteiger partial charge on any atom is 0.237 e. The van der Waals surface area contributed by atoms with E-state index in [0.717, 1.165) is 5.56 Å². The molecule has 2 amide bonds. The van der Waals surface area contributed by atoms with Crippen LogP contribution in [-0.4, -0.2) is 11.8 Å². The van der Waals surface area contributed by atoms with Crippen LogP contribution in [0.4, 0.5) is 5.69 Å². The van der Waals surface area contributed by atoms with Crippen molar-refractivity contribution < 1.29 is 9.59 Å². The van der Waals surface area contributed by atoms with Gasteiger partial charge in [0.15, 0.2) is 0 Å². The van der Waals surface area contributed by atoms with Crippen molar-refractivity contribution >= 4 is 17.5 Å². The van der Waals surface area contributed by atoms with Crippen molar-refractivity contribution in [1.82, 2.24) is 0 Å². The Balaban J connectivity index is 2.50. The molecule has 3 atom stereocenters. The summed E-state index contributed by atoms with van der Waals surface area (Å²) in [5, 5.41) is 0. The lowest BCUT2D eigenvalue weighted by atomic mass is 10.00. The summed E-state index contributed by atoms with van der Waals surface area (Å²) >= 11 is 0. The SMILES string of the molecule is CC(N)c1ccccc1N1C(=O)C(C)C(C)C1=O. The Hall–Kier alpha value is -1.68. The van der Waals surface area contributed by atoms with Crippen molar-refractivity contribution in [2.45, 2.75) is 26.8 Å². The van der Waals surface area contributed by atoms with Gasteiger partial charge in [-0.3, -0.25) is 9.59 Å². The van der Waals surface area contributed by atoms with Gasteiger partial charge < -0.3 is 5.73 Å². The molecular weight excluding hydrogens is 228 g/mol. The van der Waals surface area contributed by atoms with Crippen molar-refractivity contribution in [2.24, 2.45) is 17.6 Å². The fraction of sp³-hybridized carbons (Fsp3) is 0.429. The van der Waals surface area contributed by atoms with Crippen LogP contribution >= 0.6 is 0 Å². The van der Waals surface area contributed by atoms with Crippen LogP contribution in [0.25, 0.3) is 0 Å². The molecule has 1 saturated heterocycles. The Morgan fingerprint density at radius 2 is 1.61 bits per heavy atom. The molecule has 1 aromatic carbocycles. The molecule has 1 aliphatic heterocycles. The topological polar surface area (TPSA) is 63.4 Å². The fourth-order valence-corrected chi connectivity index (χ4v) is 2.26. The van der Waals surface area contributed by atoms with Gasteiger partial charge in [-0.25, -0.2) is 4.90 Å². The maximum absolute atomic E-state index is 12.2. The van der Waals surface area contributed by atoms with E-state index >= 15 is 0 Å². The third-order valence-corrected chi connectivity index (χ3v) is 3.64. The molecule has 0 bridgehead atoms. The second kappa shape index (κ2) is 4.53. The molecule has 18 heavy (non-hydrogen) atoms. The Bertz CT molecular complexity index is 476. The van der Waals surface area contributed by atoms with Gasteiger partial charge in [-0.1, -0.05) is 32.0 Å². The highest BCUT2D eigenvalue weighted by Crippen LogP contribution is 2.34. The summed E-state index contributed by atoms with van der Waals surface area (Å²) in [6.45, 7) is 5.43. The van der Waals surface area contributed by atoms with Gasteiger partial charge in [0.05, 0.1) is 5.69 Å². The summed E-state index contributed by atoms with van der Waals surface area (Å²) in [7, 11) is 0. The van der Waals surface area contributed by atoms with E-state index in [2.05, 4.69) is 0 Å². The van der Waals surface area contributed by atoms with Crippen LogP contribution in [0.3, 0.4) is 0 Å². The van der Waals surface area contributed by atoms with Gasteiger partial charge in [0.25, 0.3) is 0 Å². The molecule has 0 saturated carbocycles. The van der Waals surface area contributed by atoms with Crippen LogP contribution in [0.1, 0.15) is 32.4 Å². The molecule has 0 spiro atoms. The van der Waals surface area contributed by atoms with Gasteiger partial charge in [0.2, 0.25) is 11.8 Å². The highest BCUT2D eigenvalue weighted by atomic mass is 16.2. The van der Waals surface area contributed by atoms with Crippen LogP contribution < -0.4 is 10.6 Å². The van der Waals surface area contributed by atoms with Crippen molar-refractivity contribution in [3.8, 4) is 0 Å². The molecule has 0 aliphatic carbocycles. The standard InChI is InChI=1S/C14H18N2O2/c1-8-9(2)14(18)16(13(8)17)12-7-5-4-6-11(12)10(3)15/h4-10H,15H2,1-3H3. The van der Waals surface area contributed by atoms with Crippen molar-refractivity contribution in [2.75, 3.05) is 4.90 Å². The van der Waals surface area contributed by atoms with Crippen LogP contribution in [0.15, 0.2) is 24.3 Å². The summed E-state index contributed by atoms with van der Waals surface area (Å²) in [5.74, 6) is -0.807. The van der Waals surface area contributed by atoms with Crippen molar-refractivity contribution in [1.29, 1.82) is 0 Å². The van der Waals surface area contributed by atoms with Gasteiger partial charge in [-0.05, 0) is 18.6 Å². The van der Waals surface area contributed by atoms with E-state index in [9.17, 15) is 9.59 Å². The normalized spacial score (nSPS) is 25.7. The molecule has 0 radical (unpaired) electrons. The first-order chi connectivity index (χ1) is 8.45. The summed E-state index contributed by atoms with van der Waals surface area (Å²) in [5.41, 5.74) is 7.34. The third-order valence-electron chi connectivity index (χ3n) is 3.64. The summed E-state index contributed by atoms with van der Waals surface area (Å²) in [6.07, 6.45) is 0. The number of hydrogen-bond donors (Lipinski definition) is 1. The Labute approximate surface area is 107 Å². The first-order valence-corrected chi connectivity index (χ1v) is 6.17. The molecule has 4 nitrogen and oxygen atoms in total. The number of carbonyl (C=O) groups is 2. The predicted octanol–water partition coefficient (Wildman–Crippen LogP) is 1.85. The van der Waals surface area contributed by atoms with E-state index in [1.807, 2.05) is 25.1 Å². The van der Waals surface area contributed by atoms with E-state index in [4.69, 9.17) is 5.73 Å². The van der Waals surface area contributed by atoms with Crippen LogP contribution in [0, 0.1) is 11.8 Å². The zero-order valence-electron chi connectivity index (χ0n) is 10.9. The molecule has 0 aromatic heterocycles. The number of para-hydroxylation sites is 1. The summed E-state index contributed by atoms with van der Waals surface area (Å²) in [6, 6.07) is 7.09. The molecule has 1 fully saturated rings. The van der Waals surface area contributed by atoms with Crippen LogP contribution in [-0.2, 0) is 9.59 Å². The second-order valence-electron chi connectivity index (χ2n) is 4.94. The Morgan fingerprint density at radius 3 is 2.11 bits per heavy atom. The zero-order chi connectivity index (χ0) is 13.4. The van der Waals surface area contributed by atoms with E-state index in [1.165, 1.54) is 4.90 Å². The number of nitrogens with two attached hydrogens (primary N) is 1. The molecule has 1 aromatic rings. The van der Waals surface area contributed by atoms with Gasteiger partial charge in [0.1, 0.15) is 0 Å². The number of imide groups is 1. The average molecular weight is 246 g/mol. The molecule has 2 rings (SSSR count). The predicted molar refractivity (Wildman–Crippen MR) is 69.9 cm³/mol. The number of benzene rings is 1. The first kappa shape index (κ1) is 12.8. The lowest BCUT2D eigenvalue weighted by molar-refractivity contribution is -0.122. The van der Waals surface area contributed by atoms with E-state index < -0.39 is 0 Å². The Morgan fingerprint density at radius 1 is 1.11 bits per heavy atom. The molecule has 2 N–H and O–H groups in total. The minimum absolute atomic E-state index is 0.138. The number of carbonyl (C=O) groups excluding carboxylic acids is 2. The number of nitrogens with zero attached hydrogens (tertiary/aromatic N) is 1. The smallest absolute Gasteiger partial charge is 0.237 e. The molecular formula is C14H18N2O2. The molecule has 1 aliphatic rings. The van der Waals surface area contributed by atoms with Crippen molar-refractivity contribution in [3.05, 3.63) is 29.8 Å². The second-order valence-corrected chi connectivity index (χ2v) is 4.94. The molecule has 96 valence electrons. The van der Waals surface area contributed by atoms with E-state index in [-0.39, 0.29) is 29.7 Å². The maximum atomic E-state index is 12.2. The van der Waals surface area contributed by atoms with E-state index in [1.54, 1.807) is 19.9 Å². The molecule has 4 heteroatoms. The monoisotopic (exact) mass is 246 g/mol. The zero-order valence-corrected chi connectivity index (χ0v) is 10.9. The highest BCUT2D eigenvalue weighted by molar-refractivity contribution is 6.22. The van der Waals surface area contributed by atoms with Gasteiger partial charge in [-0.2, -0.15) is 0 Å². The first-order valence-electron chi connectivity index (χ1n) is 6.17. The van der Waals surface area contributed by atoms with Gasteiger partial charge in [-0.15, -0.1) is 0 Å². The third kappa shape index (κ3) is 1.82. The lowest BCUT2D eigenvalue weighted by Crippen LogP contribution is -2.32. The number of rotatable bonds is 2. The molecule has 3 unspecified atom stereocenters. The number of anilines is 1. The number of amides is 2. The minimum Gasteiger partial charge on any atom is -0.324 e. The summed E-state index contributed by atoms with van der Waals surface area (Å²) in [4.78, 5) is 25.6. The van der Waals surface area contributed by atoms with Crippen LogP contribution in [0.5, 0.6) is 0 Å². The quantitative estimate of drug-likeness (QED) is 0.810. The highest BCUT2D eigenvalue weighted by Gasteiger charge is 2.43. The number of hydrogen-bond acceptors (Lipinski definition) is 3. The Kier molecular flexibility index (Phi) is 3.22. The fourth-order valence-electron chi connectivity index (χ4n) is 2.26. The largest absolute Gasteiger partial charge is 0.324 e. The molecule has 1 heterocycles. The lowest BCUT2D eigenvalue weighted by Gasteiger charge is -2.20.